The van der Waals surface area contributed by atoms with Gasteiger partial charge < -0.3 is 10.2 Å². The minimum Gasteiger partial charge on any atom is -0.369 e. The minimum atomic E-state index is -0.126. The Hall–Kier alpha value is -2.38. The second-order valence-electron chi connectivity index (χ2n) is 6.18. The molecule has 140 valence electrons. The van der Waals surface area contributed by atoms with Crippen LogP contribution in [-0.4, -0.2) is 28.7 Å². The van der Waals surface area contributed by atoms with Crippen LogP contribution in [0.25, 0.3) is 0 Å². The highest BCUT2D eigenvalue weighted by Crippen LogP contribution is 2.34. The van der Waals surface area contributed by atoms with Gasteiger partial charge in [0.25, 0.3) is 5.91 Å². The van der Waals surface area contributed by atoms with Gasteiger partial charge in [-0.3, -0.25) is 4.79 Å². The third-order valence-electron chi connectivity index (χ3n) is 4.10. The van der Waals surface area contributed by atoms with Crippen LogP contribution in [0.2, 0.25) is 0 Å². The smallest absolute Gasteiger partial charge is 0.255 e. The van der Waals surface area contributed by atoms with Crippen LogP contribution < -0.4 is 10.2 Å². The number of carbonyl (C=O) groups is 1. The summed E-state index contributed by atoms with van der Waals surface area (Å²) in [5, 5.41) is 10.9. The van der Waals surface area contributed by atoms with Gasteiger partial charge in [0.1, 0.15) is 5.51 Å². The Kier molecular flexibility index (Phi) is 6.47. The molecule has 0 aliphatic rings. The number of amides is 1. The molecule has 2 aromatic carbocycles. The molecule has 0 fully saturated rings. The molecule has 3 rings (SSSR count). The van der Waals surface area contributed by atoms with E-state index in [2.05, 4.69) is 41.2 Å². The second kappa shape index (κ2) is 9.01. The fourth-order valence-electron chi connectivity index (χ4n) is 2.81. The lowest BCUT2D eigenvalue weighted by Crippen LogP contribution is -2.30. The average Bonchev–Trinajstić information content (AvgIpc) is 3.17. The van der Waals surface area contributed by atoms with Gasteiger partial charge in [0.15, 0.2) is 4.34 Å². The van der Waals surface area contributed by atoms with E-state index in [1.807, 2.05) is 48.5 Å². The third kappa shape index (κ3) is 4.87. The molecule has 0 bridgehead atoms. The Morgan fingerprint density at radius 3 is 2.56 bits per heavy atom. The Labute approximate surface area is 167 Å². The second-order valence-corrected chi connectivity index (χ2v) is 8.31. The predicted octanol–water partition coefficient (Wildman–Crippen LogP) is 5.18. The van der Waals surface area contributed by atoms with Gasteiger partial charge >= 0.3 is 0 Å². The van der Waals surface area contributed by atoms with Crippen LogP contribution in [0.1, 0.15) is 31.1 Å². The summed E-state index contributed by atoms with van der Waals surface area (Å²) in [5.41, 5.74) is 4.22. The molecule has 27 heavy (non-hydrogen) atoms. The van der Waals surface area contributed by atoms with Crippen molar-refractivity contribution in [3.05, 3.63) is 59.6 Å². The number of carbonyl (C=O) groups excluding carboxylic acids is 1. The third-order valence-corrected chi connectivity index (χ3v) is 5.95. The van der Waals surface area contributed by atoms with Crippen molar-refractivity contribution in [3.63, 3.8) is 0 Å². The molecule has 0 atom stereocenters. The van der Waals surface area contributed by atoms with Gasteiger partial charge in [-0.2, -0.15) is 0 Å². The first-order valence-corrected chi connectivity index (χ1v) is 10.5. The molecule has 0 radical (unpaired) electrons. The maximum atomic E-state index is 12.7. The van der Waals surface area contributed by atoms with Crippen molar-refractivity contribution in [2.45, 2.75) is 36.0 Å². The summed E-state index contributed by atoms with van der Waals surface area (Å²) in [6.45, 7) is 7.39. The monoisotopic (exact) mass is 398 g/mol. The molecule has 1 amide bonds. The van der Waals surface area contributed by atoms with Gasteiger partial charge in [0, 0.05) is 28.7 Å². The van der Waals surface area contributed by atoms with Crippen LogP contribution in [0, 0.1) is 0 Å². The predicted molar refractivity (Wildman–Crippen MR) is 113 cm³/mol. The van der Waals surface area contributed by atoms with E-state index in [1.165, 1.54) is 23.1 Å². The zero-order valence-corrected chi connectivity index (χ0v) is 17.2. The molecule has 0 unspecified atom stereocenters. The van der Waals surface area contributed by atoms with Crippen molar-refractivity contribution < 1.29 is 4.79 Å². The van der Waals surface area contributed by atoms with Crippen molar-refractivity contribution in [1.29, 1.82) is 0 Å². The molecule has 0 saturated heterocycles. The number of aromatic nitrogens is 2. The van der Waals surface area contributed by atoms with E-state index in [0.29, 0.717) is 11.6 Å². The van der Waals surface area contributed by atoms with Crippen LogP contribution in [0.5, 0.6) is 0 Å². The van der Waals surface area contributed by atoms with Crippen molar-refractivity contribution in [2.75, 3.05) is 16.8 Å². The van der Waals surface area contributed by atoms with Crippen LogP contribution in [0.15, 0.2) is 63.3 Å². The summed E-state index contributed by atoms with van der Waals surface area (Å²) in [4.78, 5) is 15.9. The van der Waals surface area contributed by atoms with Crippen molar-refractivity contribution in [3.8, 4) is 0 Å². The van der Waals surface area contributed by atoms with Crippen molar-refractivity contribution >= 4 is 40.4 Å². The normalized spacial score (nSPS) is 10.8. The molecule has 0 aliphatic heterocycles. The van der Waals surface area contributed by atoms with Crippen LogP contribution in [-0.2, 0) is 0 Å². The summed E-state index contributed by atoms with van der Waals surface area (Å²) in [5.74, 6) is -0.126. The zero-order valence-electron chi connectivity index (χ0n) is 15.5. The van der Waals surface area contributed by atoms with Crippen LogP contribution in [0.3, 0.4) is 0 Å². The van der Waals surface area contributed by atoms with Gasteiger partial charge in [-0.1, -0.05) is 35.2 Å². The number of nitrogens with zero attached hydrogens (tertiary/aromatic N) is 3. The maximum absolute atomic E-state index is 12.7. The summed E-state index contributed by atoms with van der Waals surface area (Å²) in [6.07, 6.45) is 0. The fourth-order valence-corrected chi connectivity index (χ4v) is 4.33. The standard InChI is InChI=1S/C20H22N4OS2/c1-4-24(14(2)3)16-11-9-15(10-12-16)19(25)22-17-7-5-6-8-18(17)27-20-23-21-13-26-20/h5-14H,4H2,1-3H3,(H,22,25). The number of nitrogens with one attached hydrogen (secondary N) is 1. The lowest BCUT2D eigenvalue weighted by atomic mass is 10.1. The van der Waals surface area contributed by atoms with E-state index in [1.54, 1.807) is 5.51 Å². The molecule has 7 heteroatoms. The number of hydrogen-bond donors (Lipinski definition) is 1. The first-order valence-electron chi connectivity index (χ1n) is 8.79. The van der Waals surface area contributed by atoms with Crippen molar-refractivity contribution in [1.82, 2.24) is 10.2 Å². The maximum Gasteiger partial charge on any atom is 0.255 e. The van der Waals surface area contributed by atoms with Crippen LogP contribution in [0.4, 0.5) is 11.4 Å². The van der Waals surface area contributed by atoms with Crippen molar-refractivity contribution in [2.24, 2.45) is 0 Å². The molecule has 5 nitrogen and oxygen atoms in total. The Morgan fingerprint density at radius 2 is 1.93 bits per heavy atom. The number of para-hydroxylation sites is 1. The highest BCUT2D eigenvalue weighted by Gasteiger charge is 2.13. The summed E-state index contributed by atoms with van der Waals surface area (Å²) >= 11 is 2.97. The van der Waals surface area contributed by atoms with E-state index in [0.717, 1.165) is 27.2 Å². The summed E-state index contributed by atoms with van der Waals surface area (Å²) in [7, 11) is 0. The fraction of sp³-hybridized carbons (Fsp3) is 0.250. The van der Waals surface area contributed by atoms with Gasteiger partial charge in [-0.25, -0.2) is 0 Å². The Bertz CT molecular complexity index is 879. The zero-order chi connectivity index (χ0) is 19.2. The molecule has 0 aliphatic carbocycles. The lowest BCUT2D eigenvalue weighted by molar-refractivity contribution is 0.102. The first kappa shape index (κ1) is 19.4. The SMILES string of the molecule is CCN(c1ccc(C(=O)Nc2ccccc2Sc2nncs2)cc1)C(C)C. The number of rotatable bonds is 7. The molecule has 0 saturated carbocycles. The average molecular weight is 399 g/mol. The number of hydrogen-bond acceptors (Lipinski definition) is 6. The quantitative estimate of drug-likeness (QED) is 0.594. The molecule has 1 aromatic heterocycles. The highest BCUT2D eigenvalue weighted by atomic mass is 32.2. The van der Waals surface area contributed by atoms with Gasteiger partial charge in [-0.15, -0.1) is 10.2 Å². The molecular weight excluding hydrogens is 376 g/mol. The lowest BCUT2D eigenvalue weighted by Gasteiger charge is -2.27. The van der Waals surface area contributed by atoms with Gasteiger partial charge in [-0.05, 0) is 57.2 Å². The molecular formula is C20H22N4OS2. The molecule has 3 aromatic rings. The molecule has 0 spiro atoms. The van der Waals surface area contributed by atoms with E-state index in [4.69, 9.17) is 0 Å². The van der Waals surface area contributed by atoms with E-state index in [-0.39, 0.29) is 5.91 Å². The number of anilines is 2. The van der Waals surface area contributed by atoms with E-state index in [9.17, 15) is 4.79 Å². The molecule has 1 N–H and O–H groups in total. The van der Waals surface area contributed by atoms with E-state index < -0.39 is 0 Å². The largest absolute Gasteiger partial charge is 0.369 e. The Balaban J connectivity index is 1.74. The van der Waals surface area contributed by atoms with E-state index >= 15 is 0 Å². The first-order chi connectivity index (χ1) is 13.1. The summed E-state index contributed by atoms with van der Waals surface area (Å²) < 4.78 is 0.842. The molecule has 1 heterocycles. The van der Waals surface area contributed by atoms with Gasteiger partial charge in [0.2, 0.25) is 0 Å². The Morgan fingerprint density at radius 1 is 1.19 bits per heavy atom. The minimum absolute atomic E-state index is 0.126. The number of benzene rings is 2. The van der Waals surface area contributed by atoms with Gasteiger partial charge in [0.05, 0.1) is 5.69 Å². The summed E-state index contributed by atoms with van der Waals surface area (Å²) in [6, 6.07) is 15.9. The highest BCUT2D eigenvalue weighted by molar-refractivity contribution is 8.01. The topological polar surface area (TPSA) is 58.1 Å². The van der Waals surface area contributed by atoms with Crippen LogP contribution >= 0.6 is 23.1 Å².